The molecule has 2 aliphatic rings. The van der Waals surface area contributed by atoms with Gasteiger partial charge in [-0.25, -0.2) is 0 Å². The molecule has 6 nitrogen and oxygen atoms in total. The fraction of sp³-hybridized carbons (Fsp3) is 0.650. The Hall–Kier alpha value is -1.63. The maximum absolute atomic E-state index is 12.6. The summed E-state index contributed by atoms with van der Waals surface area (Å²) in [6.45, 7) is 7.22. The van der Waals surface area contributed by atoms with Crippen LogP contribution in [0.5, 0.6) is 0 Å². The van der Waals surface area contributed by atoms with Gasteiger partial charge < -0.3 is 20.3 Å². The van der Waals surface area contributed by atoms with Crippen molar-refractivity contribution in [1.29, 1.82) is 0 Å². The number of amides is 1. The second-order valence-corrected chi connectivity index (χ2v) is 7.40. The number of nitrogens with zero attached hydrogens (tertiary/aromatic N) is 3. The van der Waals surface area contributed by atoms with E-state index in [1.54, 1.807) is 0 Å². The van der Waals surface area contributed by atoms with Gasteiger partial charge in [0.2, 0.25) is 5.91 Å². The van der Waals surface area contributed by atoms with Crippen LogP contribution in [0.15, 0.2) is 30.3 Å². The summed E-state index contributed by atoms with van der Waals surface area (Å²) in [4.78, 5) is 19.3. The minimum Gasteiger partial charge on any atom is -0.381 e. The van der Waals surface area contributed by atoms with Crippen LogP contribution in [0.25, 0.3) is 0 Å². The maximum Gasteiger partial charge on any atom is 0.239 e. The Kier molecular flexibility index (Phi) is 6.88. The fourth-order valence-electron chi connectivity index (χ4n) is 3.80. The van der Waals surface area contributed by atoms with E-state index < -0.39 is 0 Å². The molecular weight excluding hydrogens is 328 g/mol. The molecule has 1 amide bonds. The molecule has 6 heteroatoms. The van der Waals surface area contributed by atoms with Gasteiger partial charge in [0, 0.05) is 65.2 Å². The predicted molar refractivity (Wildman–Crippen MR) is 104 cm³/mol. The highest BCUT2D eigenvalue weighted by Crippen LogP contribution is 2.19. The molecule has 0 aliphatic carbocycles. The quantitative estimate of drug-likeness (QED) is 0.821. The van der Waals surface area contributed by atoms with Crippen LogP contribution in [0.2, 0.25) is 0 Å². The average Bonchev–Trinajstić information content (AvgIpc) is 2.72. The van der Waals surface area contributed by atoms with Crippen LogP contribution in [0.3, 0.4) is 0 Å². The lowest BCUT2D eigenvalue weighted by Gasteiger charge is -2.37. The van der Waals surface area contributed by atoms with E-state index in [1.165, 1.54) is 5.69 Å². The number of ether oxygens (including phenoxy) is 1. The van der Waals surface area contributed by atoms with Crippen molar-refractivity contribution in [2.24, 2.45) is 11.7 Å². The number of para-hydroxylation sites is 1. The molecule has 2 heterocycles. The van der Waals surface area contributed by atoms with Crippen molar-refractivity contribution in [2.45, 2.75) is 18.9 Å². The highest BCUT2D eigenvalue weighted by atomic mass is 16.5. The zero-order chi connectivity index (χ0) is 18.4. The van der Waals surface area contributed by atoms with Crippen LogP contribution in [0.4, 0.5) is 5.69 Å². The average molecular weight is 361 g/mol. The van der Waals surface area contributed by atoms with Crippen LogP contribution >= 0.6 is 0 Å². The van der Waals surface area contributed by atoms with E-state index in [-0.39, 0.29) is 17.9 Å². The number of nitrogens with two attached hydrogens (primary N) is 1. The van der Waals surface area contributed by atoms with Crippen molar-refractivity contribution in [1.82, 2.24) is 9.80 Å². The molecule has 0 saturated carbocycles. The summed E-state index contributed by atoms with van der Waals surface area (Å²) in [5.41, 5.74) is 7.51. The van der Waals surface area contributed by atoms with Crippen LogP contribution in [0, 0.1) is 5.92 Å². The summed E-state index contributed by atoms with van der Waals surface area (Å²) in [5, 5.41) is 0. The third-order valence-corrected chi connectivity index (χ3v) is 5.68. The van der Waals surface area contributed by atoms with Crippen molar-refractivity contribution >= 4 is 11.6 Å². The molecule has 1 atom stereocenters. The summed E-state index contributed by atoms with van der Waals surface area (Å²) in [6, 6.07) is 10.2. The van der Waals surface area contributed by atoms with Gasteiger partial charge in [-0.2, -0.15) is 0 Å². The Morgan fingerprint density at radius 2 is 1.85 bits per heavy atom. The summed E-state index contributed by atoms with van der Waals surface area (Å²) >= 11 is 0. The number of hydrogen-bond acceptors (Lipinski definition) is 5. The topological polar surface area (TPSA) is 62.0 Å². The maximum atomic E-state index is 12.6. The number of benzene rings is 1. The molecule has 2 fully saturated rings. The van der Waals surface area contributed by atoms with Gasteiger partial charge in [0.1, 0.15) is 0 Å². The second-order valence-electron chi connectivity index (χ2n) is 7.40. The highest BCUT2D eigenvalue weighted by Gasteiger charge is 2.28. The van der Waals surface area contributed by atoms with Gasteiger partial charge in [-0.1, -0.05) is 18.2 Å². The lowest BCUT2D eigenvalue weighted by Crippen LogP contribution is -2.51. The van der Waals surface area contributed by atoms with Gasteiger partial charge in [0.25, 0.3) is 0 Å². The first-order valence-corrected chi connectivity index (χ1v) is 9.76. The SMILES string of the molecule is CN(CCN1CCN(c2ccccc2)CC1)C(=O)C(N)C1CCOCC1. The van der Waals surface area contributed by atoms with Gasteiger partial charge in [-0.15, -0.1) is 0 Å². The lowest BCUT2D eigenvalue weighted by atomic mass is 9.91. The molecule has 2 N–H and O–H groups in total. The predicted octanol–water partition coefficient (Wildman–Crippen LogP) is 1.02. The molecule has 1 aromatic carbocycles. The van der Waals surface area contributed by atoms with E-state index in [0.717, 1.165) is 65.3 Å². The molecule has 0 bridgehead atoms. The molecule has 0 aromatic heterocycles. The van der Waals surface area contributed by atoms with Crippen molar-refractivity contribution in [3.05, 3.63) is 30.3 Å². The van der Waals surface area contributed by atoms with E-state index in [9.17, 15) is 4.79 Å². The monoisotopic (exact) mass is 360 g/mol. The Bertz CT molecular complexity index is 554. The van der Waals surface area contributed by atoms with Crippen molar-refractivity contribution in [3.8, 4) is 0 Å². The number of piperazine rings is 1. The minimum atomic E-state index is -0.390. The third-order valence-electron chi connectivity index (χ3n) is 5.68. The number of carbonyl (C=O) groups is 1. The van der Waals surface area contributed by atoms with Gasteiger partial charge in [-0.3, -0.25) is 9.69 Å². The fourth-order valence-corrected chi connectivity index (χ4v) is 3.80. The molecule has 2 aliphatic heterocycles. The van der Waals surface area contributed by atoms with E-state index in [1.807, 2.05) is 11.9 Å². The standard InChI is InChI=1S/C20H32N4O2/c1-22(20(25)19(21)17-7-15-26-16-8-17)9-10-23-11-13-24(14-12-23)18-5-3-2-4-6-18/h2-6,17,19H,7-16,21H2,1H3. The van der Waals surface area contributed by atoms with Crippen molar-refractivity contribution < 1.29 is 9.53 Å². The third kappa shape index (κ3) is 4.96. The summed E-state index contributed by atoms with van der Waals surface area (Å²) in [6.07, 6.45) is 1.78. The minimum absolute atomic E-state index is 0.0693. The number of carbonyl (C=O) groups excluding carboxylic acids is 1. The van der Waals surface area contributed by atoms with Gasteiger partial charge in [-0.05, 0) is 30.9 Å². The molecular formula is C20H32N4O2. The lowest BCUT2D eigenvalue weighted by molar-refractivity contribution is -0.133. The molecule has 2 saturated heterocycles. The summed E-state index contributed by atoms with van der Waals surface area (Å²) < 4.78 is 5.37. The number of hydrogen-bond donors (Lipinski definition) is 1. The number of rotatable bonds is 6. The normalized spacial score (nSPS) is 20.8. The van der Waals surface area contributed by atoms with E-state index in [0.29, 0.717) is 0 Å². The number of anilines is 1. The van der Waals surface area contributed by atoms with E-state index >= 15 is 0 Å². The molecule has 144 valence electrons. The summed E-state index contributed by atoms with van der Waals surface area (Å²) in [7, 11) is 1.88. The first-order valence-electron chi connectivity index (χ1n) is 9.76. The summed E-state index contributed by atoms with van der Waals surface area (Å²) in [5.74, 6) is 0.327. The zero-order valence-corrected chi connectivity index (χ0v) is 15.8. The molecule has 1 unspecified atom stereocenters. The molecule has 3 rings (SSSR count). The van der Waals surface area contributed by atoms with E-state index in [4.69, 9.17) is 10.5 Å². The molecule has 1 aromatic rings. The van der Waals surface area contributed by atoms with Gasteiger partial charge in [0.05, 0.1) is 6.04 Å². The molecule has 0 spiro atoms. The van der Waals surface area contributed by atoms with Crippen LogP contribution in [-0.4, -0.2) is 81.3 Å². The van der Waals surface area contributed by atoms with Crippen LogP contribution < -0.4 is 10.6 Å². The zero-order valence-electron chi connectivity index (χ0n) is 15.8. The highest BCUT2D eigenvalue weighted by molar-refractivity contribution is 5.81. The first kappa shape index (κ1) is 19.1. The molecule has 0 radical (unpaired) electrons. The van der Waals surface area contributed by atoms with Gasteiger partial charge in [0.15, 0.2) is 0 Å². The van der Waals surface area contributed by atoms with Gasteiger partial charge >= 0.3 is 0 Å². The smallest absolute Gasteiger partial charge is 0.239 e. The first-order chi connectivity index (χ1) is 12.6. The number of likely N-dealkylation sites (N-methyl/N-ethyl adjacent to an activating group) is 1. The Balaban J connectivity index is 1.39. The Morgan fingerprint density at radius 1 is 1.19 bits per heavy atom. The Morgan fingerprint density at radius 3 is 2.50 bits per heavy atom. The van der Waals surface area contributed by atoms with Crippen molar-refractivity contribution in [2.75, 3.05) is 64.4 Å². The second kappa shape index (κ2) is 9.35. The van der Waals surface area contributed by atoms with Crippen molar-refractivity contribution in [3.63, 3.8) is 0 Å². The van der Waals surface area contributed by atoms with Crippen LogP contribution in [0.1, 0.15) is 12.8 Å². The van der Waals surface area contributed by atoms with E-state index in [2.05, 4.69) is 40.1 Å². The van der Waals surface area contributed by atoms with Crippen LogP contribution in [-0.2, 0) is 9.53 Å². The Labute approximate surface area is 156 Å². The largest absolute Gasteiger partial charge is 0.381 e. The molecule has 26 heavy (non-hydrogen) atoms.